The number of ether oxygens (including phenoxy) is 1. The smallest absolute Gasteiger partial charge is 0.248 e. The van der Waals surface area contributed by atoms with Gasteiger partial charge in [0.25, 0.3) is 0 Å². The molecule has 0 bridgehead atoms. The normalized spacial score (nSPS) is 11.2. The largest absolute Gasteiger partial charge is 0.487 e. The second-order valence-electron chi connectivity index (χ2n) is 7.29. The summed E-state index contributed by atoms with van der Waals surface area (Å²) in [6, 6.07) is 15.6. The van der Waals surface area contributed by atoms with E-state index in [0.717, 1.165) is 40.7 Å². The number of thiazole rings is 1. The van der Waals surface area contributed by atoms with Crippen LogP contribution in [0, 0.1) is 6.92 Å². The molecule has 0 fully saturated rings. The number of likely N-dealkylation sites (N-methyl/N-ethyl adjacent to an activating group) is 1. The Balaban J connectivity index is 1.51. The van der Waals surface area contributed by atoms with Crippen LogP contribution >= 0.6 is 11.3 Å². The van der Waals surface area contributed by atoms with Crippen LogP contribution in [-0.2, 0) is 17.8 Å². The molecule has 1 N–H and O–H groups in total. The van der Waals surface area contributed by atoms with Crippen molar-refractivity contribution in [3.8, 4) is 5.75 Å². The lowest BCUT2D eigenvalue weighted by molar-refractivity contribution is -0.111. The molecule has 0 aliphatic carbocycles. The van der Waals surface area contributed by atoms with Gasteiger partial charge in [-0.2, -0.15) is 0 Å². The van der Waals surface area contributed by atoms with Crippen LogP contribution in [0.5, 0.6) is 5.75 Å². The maximum Gasteiger partial charge on any atom is 0.248 e. The van der Waals surface area contributed by atoms with E-state index in [1.807, 2.05) is 60.8 Å². The van der Waals surface area contributed by atoms with Gasteiger partial charge in [-0.15, -0.1) is 11.3 Å². The van der Waals surface area contributed by atoms with E-state index in [2.05, 4.69) is 29.3 Å². The van der Waals surface area contributed by atoms with E-state index >= 15 is 0 Å². The molecule has 3 rings (SSSR count). The summed E-state index contributed by atoms with van der Waals surface area (Å²) in [5.41, 5.74) is 3.86. The van der Waals surface area contributed by atoms with Crippen molar-refractivity contribution in [1.82, 2.24) is 9.88 Å². The Labute approximate surface area is 182 Å². The number of amides is 1. The molecular weight excluding hydrogens is 394 g/mol. The molecule has 5 nitrogen and oxygen atoms in total. The number of anilines is 1. The zero-order chi connectivity index (χ0) is 21.3. The van der Waals surface area contributed by atoms with Crippen LogP contribution in [0.25, 0.3) is 6.08 Å². The van der Waals surface area contributed by atoms with Crippen molar-refractivity contribution in [3.63, 3.8) is 0 Å². The van der Waals surface area contributed by atoms with E-state index in [1.165, 1.54) is 11.6 Å². The third-order valence-corrected chi connectivity index (χ3v) is 5.23. The third-order valence-electron chi connectivity index (χ3n) is 4.41. The van der Waals surface area contributed by atoms with E-state index in [4.69, 9.17) is 4.74 Å². The minimum Gasteiger partial charge on any atom is -0.487 e. The lowest BCUT2D eigenvalue weighted by Crippen LogP contribution is -2.15. The minimum absolute atomic E-state index is 0.166. The van der Waals surface area contributed by atoms with E-state index < -0.39 is 0 Å². The number of aryl methyl sites for hydroxylation is 1. The van der Waals surface area contributed by atoms with Crippen molar-refractivity contribution >= 4 is 29.0 Å². The molecule has 0 spiro atoms. The molecule has 0 radical (unpaired) electrons. The number of aromatic nitrogens is 1. The van der Waals surface area contributed by atoms with Crippen LogP contribution in [-0.4, -0.2) is 36.4 Å². The van der Waals surface area contributed by atoms with Crippen LogP contribution in [0.4, 0.5) is 5.69 Å². The molecule has 1 amide bonds. The predicted molar refractivity (Wildman–Crippen MR) is 124 cm³/mol. The summed E-state index contributed by atoms with van der Waals surface area (Å²) < 4.78 is 5.80. The Kier molecular flexibility index (Phi) is 7.76. The first-order valence-corrected chi connectivity index (χ1v) is 10.7. The van der Waals surface area contributed by atoms with Gasteiger partial charge in [-0.25, -0.2) is 4.98 Å². The van der Waals surface area contributed by atoms with Crippen LogP contribution in [0.3, 0.4) is 0 Å². The molecule has 1 heterocycles. The maximum absolute atomic E-state index is 12.2. The van der Waals surface area contributed by atoms with Gasteiger partial charge in [-0.1, -0.05) is 24.3 Å². The van der Waals surface area contributed by atoms with Crippen molar-refractivity contribution < 1.29 is 9.53 Å². The molecule has 0 saturated carbocycles. The number of nitrogens with one attached hydrogen (secondary N) is 1. The molecule has 3 aromatic rings. The highest BCUT2D eigenvalue weighted by atomic mass is 32.1. The fourth-order valence-corrected chi connectivity index (χ4v) is 3.40. The monoisotopic (exact) mass is 421 g/mol. The van der Waals surface area contributed by atoms with Gasteiger partial charge < -0.3 is 15.0 Å². The summed E-state index contributed by atoms with van der Waals surface area (Å²) in [4.78, 5) is 18.8. The highest BCUT2D eigenvalue weighted by Gasteiger charge is 2.02. The fourth-order valence-electron chi connectivity index (χ4n) is 2.80. The Morgan fingerprint density at radius 3 is 2.70 bits per heavy atom. The first-order chi connectivity index (χ1) is 14.5. The molecule has 30 heavy (non-hydrogen) atoms. The molecular formula is C24H27N3O2S. The second-order valence-corrected chi connectivity index (χ2v) is 8.35. The third kappa shape index (κ3) is 7.13. The minimum atomic E-state index is -0.166. The topological polar surface area (TPSA) is 54.5 Å². The van der Waals surface area contributed by atoms with Gasteiger partial charge in [-0.3, -0.25) is 4.79 Å². The van der Waals surface area contributed by atoms with E-state index in [1.54, 1.807) is 17.4 Å². The summed E-state index contributed by atoms with van der Waals surface area (Å²) in [7, 11) is 4.12. The van der Waals surface area contributed by atoms with Crippen molar-refractivity contribution in [2.45, 2.75) is 20.0 Å². The van der Waals surface area contributed by atoms with Gasteiger partial charge in [0.05, 0.1) is 10.7 Å². The molecule has 6 heteroatoms. The predicted octanol–water partition coefficient (Wildman–Crippen LogP) is 4.79. The Hall–Kier alpha value is -2.96. The van der Waals surface area contributed by atoms with Crippen LogP contribution in [0.1, 0.15) is 21.8 Å². The zero-order valence-electron chi connectivity index (χ0n) is 17.6. The number of benzene rings is 2. The molecule has 0 unspecified atom stereocenters. The first-order valence-electron chi connectivity index (χ1n) is 9.84. The molecule has 0 saturated heterocycles. The lowest BCUT2D eigenvalue weighted by atomic mass is 10.1. The molecule has 1 aromatic heterocycles. The second kappa shape index (κ2) is 10.7. The van der Waals surface area contributed by atoms with Crippen molar-refractivity contribution in [2.75, 3.05) is 26.0 Å². The average molecular weight is 422 g/mol. The van der Waals surface area contributed by atoms with E-state index in [0.29, 0.717) is 6.61 Å². The number of hydrogen-bond donors (Lipinski definition) is 1. The van der Waals surface area contributed by atoms with Crippen LogP contribution in [0.2, 0.25) is 0 Å². The zero-order valence-corrected chi connectivity index (χ0v) is 18.4. The number of hydrogen-bond acceptors (Lipinski definition) is 5. The SMILES string of the molecule is Cc1nc(COc2cccc(/C=C/C(=O)Nc3ccc(CCN(C)C)cc3)c2)cs1. The van der Waals surface area contributed by atoms with E-state index in [9.17, 15) is 4.79 Å². The van der Waals surface area contributed by atoms with Gasteiger partial charge >= 0.3 is 0 Å². The van der Waals surface area contributed by atoms with Gasteiger partial charge in [0.15, 0.2) is 0 Å². The molecule has 2 aromatic carbocycles. The summed E-state index contributed by atoms with van der Waals surface area (Å²) in [6.07, 6.45) is 4.30. The molecule has 0 aliphatic heterocycles. The summed E-state index contributed by atoms with van der Waals surface area (Å²) >= 11 is 1.61. The van der Waals surface area contributed by atoms with Crippen molar-refractivity contribution in [3.05, 3.63) is 81.8 Å². The quantitative estimate of drug-likeness (QED) is 0.505. The molecule has 156 valence electrons. The maximum atomic E-state index is 12.2. The van der Waals surface area contributed by atoms with Gasteiger partial charge in [0, 0.05) is 23.7 Å². The summed E-state index contributed by atoms with van der Waals surface area (Å²) in [6.45, 7) is 3.41. The van der Waals surface area contributed by atoms with E-state index in [-0.39, 0.29) is 5.91 Å². The summed E-state index contributed by atoms with van der Waals surface area (Å²) in [5.74, 6) is 0.580. The summed E-state index contributed by atoms with van der Waals surface area (Å²) in [5, 5.41) is 5.92. The molecule has 0 atom stereocenters. The van der Waals surface area contributed by atoms with Crippen LogP contribution in [0.15, 0.2) is 60.0 Å². The van der Waals surface area contributed by atoms with Gasteiger partial charge in [0.2, 0.25) is 5.91 Å². The van der Waals surface area contributed by atoms with Gasteiger partial charge in [-0.05, 0) is 68.9 Å². The Bertz CT molecular complexity index is 994. The first kappa shape index (κ1) is 21.7. The molecule has 0 aliphatic rings. The van der Waals surface area contributed by atoms with Gasteiger partial charge in [0.1, 0.15) is 12.4 Å². The number of rotatable bonds is 9. The fraction of sp³-hybridized carbons (Fsp3) is 0.250. The highest BCUT2D eigenvalue weighted by Crippen LogP contribution is 2.17. The van der Waals surface area contributed by atoms with Crippen molar-refractivity contribution in [2.24, 2.45) is 0 Å². The average Bonchev–Trinajstić information content (AvgIpc) is 3.16. The Morgan fingerprint density at radius 1 is 1.20 bits per heavy atom. The van der Waals surface area contributed by atoms with Crippen LogP contribution < -0.4 is 10.1 Å². The van der Waals surface area contributed by atoms with Crippen molar-refractivity contribution in [1.29, 1.82) is 0 Å². The number of carbonyl (C=O) groups is 1. The standard InChI is InChI=1S/C24H27N3O2S/c1-18-25-22(17-30-18)16-29-23-6-4-5-20(15-23)9-12-24(28)26-21-10-7-19(8-11-21)13-14-27(2)3/h4-12,15,17H,13-14,16H2,1-3H3,(H,26,28)/b12-9+. The Morgan fingerprint density at radius 2 is 2.00 bits per heavy atom. The number of carbonyl (C=O) groups excluding carboxylic acids is 1. The highest BCUT2D eigenvalue weighted by molar-refractivity contribution is 7.09. The number of nitrogens with zero attached hydrogens (tertiary/aromatic N) is 2. The lowest BCUT2D eigenvalue weighted by Gasteiger charge is -2.09.